The van der Waals surface area contributed by atoms with Gasteiger partial charge in [0.1, 0.15) is 24.2 Å². The molecule has 240 valence electrons. The lowest BCUT2D eigenvalue weighted by Crippen LogP contribution is -2.45. The van der Waals surface area contributed by atoms with Crippen molar-refractivity contribution in [1.29, 1.82) is 0 Å². The van der Waals surface area contributed by atoms with Crippen molar-refractivity contribution >= 4 is 11.9 Å². The van der Waals surface area contributed by atoms with E-state index in [0.29, 0.717) is 54.5 Å². The second-order valence-corrected chi connectivity index (χ2v) is 13.0. The number of carbonyl (C=O) groups is 2. The Kier molecular flexibility index (Phi) is 11.0. The molecular formula is C38H46O7. The Bertz CT molecular complexity index is 1390. The molecule has 1 saturated carbocycles. The van der Waals surface area contributed by atoms with E-state index in [1.165, 1.54) is 6.42 Å². The van der Waals surface area contributed by atoms with Crippen molar-refractivity contribution in [2.45, 2.75) is 59.5 Å². The lowest BCUT2D eigenvalue weighted by molar-refractivity contribution is -0.151. The fourth-order valence-electron chi connectivity index (χ4n) is 6.11. The van der Waals surface area contributed by atoms with Crippen molar-refractivity contribution in [1.82, 2.24) is 0 Å². The molecule has 0 bridgehead atoms. The minimum absolute atomic E-state index is 0.0654. The predicted molar refractivity (Wildman–Crippen MR) is 174 cm³/mol. The molecule has 2 fully saturated rings. The first-order valence-electron chi connectivity index (χ1n) is 16.3. The van der Waals surface area contributed by atoms with E-state index in [2.05, 4.69) is 27.7 Å². The molecular weight excluding hydrogens is 568 g/mol. The summed E-state index contributed by atoms with van der Waals surface area (Å²) in [6.45, 7) is 12.1. The Morgan fingerprint density at radius 3 is 2.02 bits per heavy atom. The summed E-state index contributed by atoms with van der Waals surface area (Å²) in [5.41, 5.74) is 3.06. The number of ether oxygens (including phenoxy) is 5. The molecule has 7 nitrogen and oxygen atoms in total. The molecule has 7 heteroatoms. The number of benzene rings is 3. The van der Waals surface area contributed by atoms with Gasteiger partial charge in [-0.25, -0.2) is 9.59 Å². The molecule has 3 unspecified atom stereocenters. The highest BCUT2D eigenvalue weighted by atomic mass is 16.5. The zero-order valence-electron chi connectivity index (χ0n) is 27.0. The number of carbonyl (C=O) groups excluding carboxylic acids is 2. The van der Waals surface area contributed by atoms with Gasteiger partial charge in [-0.15, -0.1) is 0 Å². The van der Waals surface area contributed by atoms with Crippen molar-refractivity contribution in [2.24, 2.45) is 23.2 Å². The van der Waals surface area contributed by atoms with Gasteiger partial charge < -0.3 is 23.7 Å². The van der Waals surface area contributed by atoms with Crippen LogP contribution in [0.25, 0.3) is 11.1 Å². The van der Waals surface area contributed by atoms with E-state index in [1.807, 2.05) is 36.4 Å². The van der Waals surface area contributed by atoms with Gasteiger partial charge >= 0.3 is 11.9 Å². The third-order valence-electron chi connectivity index (χ3n) is 9.30. The van der Waals surface area contributed by atoms with Gasteiger partial charge in [-0.05, 0) is 96.7 Å². The van der Waals surface area contributed by atoms with Crippen LogP contribution in [0.3, 0.4) is 0 Å². The number of esters is 2. The smallest absolute Gasteiger partial charge is 0.343 e. The molecule has 1 saturated heterocycles. The van der Waals surface area contributed by atoms with Crippen LogP contribution in [0.5, 0.6) is 11.5 Å². The largest absolute Gasteiger partial charge is 0.491 e. The maximum Gasteiger partial charge on any atom is 0.343 e. The Morgan fingerprint density at radius 1 is 0.822 bits per heavy atom. The monoisotopic (exact) mass is 614 g/mol. The first-order chi connectivity index (χ1) is 21.7. The van der Waals surface area contributed by atoms with Crippen LogP contribution in [0.15, 0.2) is 72.8 Å². The molecule has 2 aliphatic rings. The van der Waals surface area contributed by atoms with Crippen molar-refractivity contribution in [3.05, 3.63) is 83.9 Å². The molecule has 0 N–H and O–H groups in total. The Hall–Kier alpha value is -3.68. The third-order valence-corrected chi connectivity index (χ3v) is 9.30. The number of hydrogen-bond acceptors (Lipinski definition) is 7. The van der Waals surface area contributed by atoms with E-state index in [-0.39, 0.29) is 17.5 Å². The van der Waals surface area contributed by atoms with Gasteiger partial charge in [0.25, 0.3) is 0 Å². The van der Waals surface area contributed by atoms with Gasteiger partial charge in [0.2, 0.25) is 0 Å². The van der Waals surface area contributed by atoms with Gasteiger partial charge in [0.05, 0.1) is 37.6 Å². The van der Waals surface area contributed by atoms with Crippen LogP contribution in [0.1, 0.15) is 74.1 Å². The molecule has 1 aliphatic carbocycles. The van der Waals surface area contributed by atoms with Crippen molar-refractivity contribution < 1.29 is 33.3 Å². The van der Waals surface area contributed by atoms with Crippen molar-refractivity contribution in [3.8, 4) is 22.6 Å². The van der Waals surface area contributed by atoms with Crippen molar-refractivity contribution in [3.63, 3.8) is 0 Å². The molecule has 5 rings (SSSR count). The third kappa shape index (κ3) is 8.53. The SMILES string of the molecule is CCC1(COCCOc2ccc(-c3ccc(C(=O)Oc4ccc(C(=O)OC5CC(C)CCC5C(C)C)cc4)cc3)cc2)COC1. The van der Waals surface area contributed by atoms with Crippen molar-refractivity contribution in [2.75, 3.05) is 33.0 Å². The first kappa shape index (κ1) is 32.7. The zero-order chi connectivity index (χ0) is 31.8. The van der Waals surface area contributed by atoms with E-state index in [0.717, 1.165) is 49.4 Å². The van der Waals surface area contributed by atoms with E-state index in [1.54, 1.807) is 36.4 Å². The van der Waals surface area contributed by atoms with E-state index >= 15 is 0 Å². The molecule has 45 heavy (non-hydrogen) atoms. The summed E-state index contributed by atoms with van der Waals surface area (Å²) < 4.78 is 28.5. The van der Waals surface area contributed by atoms with Crippen LogP contribution in [-0.4, -0.2) is 51.1 Å². The molecule has 3 aromatic carbocycles. The Morgan fingerprint density at radius 2 is 1.42 bits per heavy atom. The molecule has 0 radical (unpaired) electrons. The predicted octanol–water partition coefficient (Wildman–Crippen LogP) is 8.01. The standard InChI is InChI=1S/C38H46O7/c1-5-38(24-42-25-38)23-41-20-21-43-32-15-11-29(12-16-32)28-7-9-30(10-8-28)36(39)44-33-17-13-31(14-18-33)37(40)45-35-22-27(4)6-19-34(35)26(2)3/h7-18,26-27,34-35H,5-6,19-25H2,1-4H3. The first-order valence-corrected chi connectivity index (χ1v) is 16.3. The minimum Gasteiger partial charge on any atom is -0.491 e. The van der Waals surface area contributed by atoms with Crippen LogP contribution in [0.2, 0.25) is 0 Å². The summed E-state index contributed by atoms with van der Waals surface area (Å²) in [5.74, 6) is 1.75. The molecule has 0 aromatic heterocycles. The van der Waals surface area contributed by atoms with Gasteiger partial charge in [0, 0.05) is 5.41 Å². The maximum atomic E-state index is 12.9. The van der Waals surface area contributed by atoms with Gasteiger partial charge in [-0.2, -0.15) is 0 Å². The lowest BCUT2D eigenvalue weighted by Gasteiger charge is -2.40. The molecule has 3 aromatic rings. The molecule has 1 heterocycles. The fourth-order valence-corrected chi connectivity index (χ4v) is 6.11. The fraction of sp³-hybridized carbons (Fsp3) is 0.474. The second kappa shape index (κ2) is 15.1. The lowest BCUT2D eigenvalue weighted by atomic mass is 9.75. The van der Waals surface area contributed by atoms with E-state index in [4.69, 9.17) is 23.7 Å². The average Bonchev–Trinajstić information content (AvgIpc) is 3.02. The topological polar surface area (TPSA) is 80.3 Å². The minimum atomic E-state index is -0.464. The van der Waals surface area contributed by atoms with Crippen LogP contribution in [-0.2, 0) is 14.2 Å². The van der Waals surface area contributed by atoms with E-state index < -0.39 is 5.97 Å². The van der Waals surface area contributed by atoms with E-state index in [9.17, 15) is 9.59 Å². The summed E-state index contributed by atoms with van der Waals surface area (Å²) in [7, 11) is 0. The summed E-state index contributed by atoms with van der Waals surface area (Å²) in [6, 6.07) is 21.7. The highest BCUT2D eigenvalue weighted by Gasteiger charge is 2.37. The normalized spacial score (nSPS) is 20.7. The van der Waals surface area contributed by atoms with Crippen LogP contribution in [0.4, 0.5) is 0 Å². The molecule has 0 amide bonds. The molecule has 3 atom stereocenters. The summed E-state index contributed by atoms with van der Waals surface area (Å²) in [5, 5.41) is 0. The highest BCUT2D eigenvalue weighted by Crippen LogP contribution is 2.36. The summed E-state index contributed by atoms with van der Waals surface area (Å²) >= 11 is 0. The average molecular weight is 615 g/mol. The van der Waals surface area contributed by atoms with Crippen LogP contribution < -0.4 is 9.47 Å². The Balaban J connectivity index is 1.08. The second-order valence-electron chi connectivity index (χ2n) is 13.0. The number of hydrogen-bond donors (Lipinski definition) is 0. The van der Waals surface area contributed by atoms with Crippen LogP contribution in [0, 0.1) is 23.2 Å². The highest BCUT2D eigenvalue weighted by molar-refractivity contribution is 5.92. The quantitative estimate of drug-likeness (QED) is 0.110. The molecule has 1 aliphatic heterocycles. The zero-order valence-corrected chi connectivity index (χ0v) is 27.0. The summed E-state index contributed by atoms with van der Waals surface area (Å²) in [6.07, 6.45) is 4.15. The summed E-state index contributed by atoms with van der Waals surface area (Å²) in [4.78, 5) is 25.7. The maximum absolute atomic E-state index is 12.9. The van der Waals surface area contributed by atoms with Gasteiger partial charge in [0.15, 0.2) is 0 Å². The number of rotatable bonds is 13. The Labute approximate surface area is 267 Å². The molecule has 0 spiro atoms. The van der Waals surface area contributed by atoms with Crippen LogP contribution >= 0.6 is 0 Å². The van der Waals surface area contributed by atoms with Gasteiger partial charge in [-0.1, -0.05) is 58.4 Å². The van der Waals surface area contributed by atoms with Gasteiger partial charge in [-0.3, -0.25) is 0 Å².